The van der Waals surface area contributed by atoms with Crippen LogP contribution in [0.1, 0.15) is 46.5 Å². The van der Waals surface area contributed by atoms with Crippen LogP contribution in [0.15, 0.2) is 11.6 Å². The van der Waals surface area contributed by atoms with E-state index in [0.717, 1.165) is 25.7 Å². The maximum atomic E-state index is 11.6. The van der Waals surface area contributed by atoms with Crippen LogP contribution in [0.2, 0.25) is 0 Å². The second-order valence-electron chi connectivity index (χ2n) is 4.87. The summed E-state index contributed by atoms with van der Waals surface area (Å²) in [6.45, 7) is 5.50. The molecule has 1 N–H and O–H groups in total. The van der Waals surface area contributed by atoms with Gasteiger partial charge in [-0.3, -0.25) is 0 Å². The Labute approximate surface area is 97.5 Å². The first kappa shape index (κ1) is 13.2. The summed E-state index contributed by atoms with van der Waals surface area (Å²) in [5.74, 6) is 0.198. The molecule has 0 saturated heterocycles. The van der Waals surface area contributed by atoms with Crippen molar-refractivity contribution in [2.24, 2.45) is 5.92 Å². The maximum Gasteiger partial charge on any atom is 0.333 e. The molecule has 16 heavy (non-hydrogen) atoms. The summed E-state index contributed by atoms with van der Waals surface area (Å²) in [5, 5.41) is 9.38. The van der Waals surface area contributed by atoms with E-state index in [1.807, 2.05) is 19.9 Å². The molecule has 0 aromatic rings. The van der Waals surface area contributed by atoms with Gasteiger partial charge in [0.25, 0.3) is 0 Å². The van der Waals surface area contributed by atoms with Crippen molar-refractivity contribution in [2.45, 2.75) is 58.7 Å². The quantitative estimate of drug-likeness (QED) is 0.594. The molecule has 1 aliphatic rings. The van der Waals surface area contributed by atoms with Gasteiger partial charge in [-0.25, -0.2) is 4.79 Å². The molecule has 3 heteroatoms. The van der Waals surface area contributed by atoms with Crippen LogP contribution in [0, 0.1) is 5.92 Å². The molecule has 92 valence electrons. The number of hydrogen-bond donors (Lipinski definition) is 1. The third kappa shape index (κ3) is 4.35. The average Bonchev–Trinajstić information content (AvgIpc) is 2.20. The van der Waals surface area contributed by atoms with Crippen LogP contribution >= 0.6 is 0 Å². The molecule has 0 bridgehead atoms. The normalized spacial score (nSPS) is 26.9. The highest BCUT2D eigenvalue weighted by molar-refractivity contribution is 5.87. The zero-order chi connectivity index (χ0) is 12.1. The van der Waals surface area contributed by atoms with Gasteiger partial charge in [-0.1, -0.05) is 6.08 Å². The van der Waals surface area contributed by atoms with Gasteiger partial charge >= 0.3 is 5.97 Å². The standard InChI is InChI=1S/C13H22O3/c1-9(2)16-13(15)10(3)8-11-4-6-12(14)7-5-11/h8-9,11-12,14H,4-7H2,1-3H3. The molecule has 1 rings (SSSR count). The number of allylic oxidation sites excluding steroid dienone is 1. The van der Waals surface area contributed by atoms with Gasteiger partial charge in [0.2, 0.25) is 0 Å². The zero-order valence-corrected chi connectivity index (χ0v) is 10.4. The second kappa shape index (κ2) is 6.04. The Morgan fingerprint density at radius 3 is 2.38 bits per heavy atom. The Morgan fingerprint density at radius 2 is 1.88 bits per heavy atom. The van der Waals surface area contributed by atoms with Crippen molar-refractivity contribution >= 4 is 5.97 Å². The van der Waals surface area contributed by atoms with Crippen molar-refractivity contribution in [3.05, 3.63) is 11.6 Å². The van der Waals surface area contributed by atoms with Crippen LogP contribution < -0.4 is 0 Å². The van der Waals surface area contributed by atoms with E-state index in [1.165, 1.54) is 0 Å². The molecule has 0 heterocycles. The average molecular weight is 226 g/mol. The van der Waals surface area contributed by atoms with Gasteiger partial charge in [0.1, 0.15) is 0 Å². The molecule has 1 aliphatic carbocycles. The van der Waals surface area contributed by atoms with Crippen molar-refractivity contribution in [1.82, 2.24) is 0 Å². The Hall–Kier alpha value is -0.830. The number of ether oxygens (including phenoxy) is 1. The molecule has 0 spiro atoms. The largest absolute Gasteiger partial charge is 0.460 e. The molecule has 0 atom stereocenters. The topological polar surface area (TPSA) is 46.5 Å². The molecule has 1 saturated carbocycles. The van der Waals surface area contributed by atoms with E-state index in [9.17, 15) is 9.90 Å². The van der Waals surface area contributed by atoms with Crippen molar-refractivity contribution in [3.63, 3.8) is 0 Å². The lowest BCUT2D eigenvalue weighted by Crippen LogP contribution is -2.18. The number of esters is 1. The predicted molar refractivity (Wildman–Crippen MR) is 62.9 cm³/mol. The summed E-state index contributed by atoms with van der Waals surface area (Å²) >= 11 is 0. The van der Waals surface area contributed by atoms with Crippen molar-refractivity contribution < 1.29 is 14.6 Å². The minimum Gasteiger partial charge on any atom is -0.460 e. The van der Waals surface area contributed by atoms with E-state index in [0.29, 0.717) is 11.5 Å². The number of hydrogen-bond acceptors (Lipinski definition) is 3. The SMILES string of the molecule is CC(=CC1CCC(O)CC1)C(=O)OC(C)C. The van der Waals surface area contributed by atoms with E-state index >= 15 is 0 Å². The van der Waals surface area contributed by atoms with Crippen molar-refractivity contribution in [2.75, 3.05) is 0 Å². The first-order valence-corrected chi connectivity index (χ1v) is 6.06. The summed E-state index contributed by atoms with van der Waals surface area (Å²) in [5.41, 5.74) is 0.690. The zero-order valence-electron chi connectivity index (χ0n) is 10.4. The summed E-state index contributed by atoms with van der Waals surface area (Å²) in [7, 11) is 0. The van der Waals surface area contributed by atoms with E-state index in [2.05, 4.69) is 0 Å². The molecule has 0 unspecified atom stereocenters. The Bertz CT molecular complexity index is 260. The number of aliphatic hydroxyl groups is 1. The third-order valence-electron chi connectivity index (χ3n) is 2.89. The van der Waals surface area contributed by atoms with E-state index < -0.39 is 0 Å². The van der Waals surface area contributed by atoms with Gasteiger partial charge in [0.05, 0.1) is 12.2 Å². The molecule has 0 amide bonds. The van der Waals surface area contributed by atoms with Crippen LogP contribution in [-0.2, 0) is 9.53 Å². The third-order valence-corrected chi connectivity index (χ3v) is 2.89. The van der Waals surface area contributed by atoms with Crippen molar-refractivity contribution in [1.29, 1.82) is 0 Å². The van der Waals surface area contributed by atoms with Gasteiger partial charge < -0.3 is 9.84 Å². The molecule has 0 aliphatic heterocycles. The van der Waals surface area contributed by atoms with Crippen molar-refractivity contribution in [3.8, 4) is 0 Å². The maximum absolute atomic E-state index is 11.6. The lowest BCUT2D eigenvalue weighted by atomic mass is 9.86. The van der Waals surface area contributed by atoms with E-state index in [-0.39, 0.29) is 18.2 Å². The highest BCUT2D eigenvalue weighted by atomic mass is 16.5. The van der Waals surface area contributed by atoms with Gasteiger partial charge in [0, 0.05) is 5.57 Å². The van der Waals surface area contributed by atoms with Crippen LogP contribution in [0.5, 0.6) is 0 Å². The first-order valence-electron chi connectivity index (χ1n) is 6.06. The second-order valence-corrected chi connectivity index (χ2v) is 4.87. The Balaban J connectivity index is 2.46. The molecular weight excluding hydrogens is 204 g/mol. The molecule has 1 fully saturated rings. The lowest BCUT2D eigenvalue weighted by Gasteiger charge is -2.23. The molecule has 0 aromatic carbocycles. The van der Waals surface area contributed by atoms with Gasteiger partial charge in [-0.2, -0.15) is 0 Å². The van der Waals surface area contributed by atoms with Crippen LogP contribution in [0.3, 0.4) is 0 Å². The minimum absolute atomic E-state index is 0.0657. The smallest absolute Gasteiger partial charge is 0.333 e. The summed E-state index contributed by atoms with van der Waals surface area (Å²) in [6, 6.07) is 0. The van der Waals surface area contributed by atoms with Crippen LogP contribution in [0.4, 0.5) is 0 Å². The lowest BCUT2D eigenvalue weighted by molar-refractivity contribution is -0.142. The summed E-state index contributed by atoms with van der Waals surface area (Å²) < 4.78 is 5.12. The van der Waals surface area contributed by atoms with E-state index in [1.54, 1.807) is 6.92 Å². The fraction of sp³-hybridized carbons (Fsp3) is 0.769. The highest BCUT2D eigenvalue weighted by Crippen LogP contribution is 2.26. The number of rotatable bonds is 3. The number of carbonyl (C=O) groups is 1. The molecule has 0 radical (unpaired) electrons. The minimum atomic E-state index is -0.221. The summed E-state index contributed by atoms with van der Waals surface area (Å²) in [4.78, 5) is 11.6. The molecule has 3 nitrogen and oxygen atoms in total. The van der Waals surface area contributed by atoms with Crippen LogP contribution in [-0.4, -0.2) is 23.3 Å². The fourth-order valence-electron chi connectivity index (χ4n) is 2.00. The Kier molecular flexibility index (Phi) is 5.00. The molecular formula is C13H22O3. The highest BCUT2D eigenvalue weighted by Gasteiger charge is 2.19. The summed E-state index contributed by atoms with van der Waals surface area (Å²) in [6.07, 6.45) is 5.40. The molecule has 0 aromatic heterocycles. The fourth-order valence-corrected chi connectivity index (χ4v) is 2.00. The predicted octanol–water partition coefficient (Wildman–Crippen LogP) is 2.44. The van der Waals surface area contributed by atoms with Crippen LogP contribution in [0.25, 0.3) is 0 Å². The monoisotopic (exact) mass is 226 g/mol. The van der Waals surface area contributed by atoms with Gasteiger partial charge in [-0.15, -0.1) is 0 Å². The number of aliphatic hydroxyl groups excluding tert-OH is 1. The first-order chi connectivity index (χ1) is 7.49. The van der Waals surface area contributed by atoms with Gasteiger partial charge in [-0.05, 0) is 52.4 Å². The Morgan fingerprint density at radius 1 is 1.31 bits per heavy atom. The van der Waals surface area contributed by atoms with Gasteiger partial charge in [0.15, 0.2) is 0 Å². The number of carbonyl (C=O) groups excluding carboxylic acids is 1. The van der Waals surface area contributed by atoms with E-state index in [4.69, 9.17) is 4.74 Å².